The highest BCUT2D eigenvalue weighted by molar-refractivity contribution is 8.00. The van der Waals surface area contributed by atoms with E-state index in [1.165, 1.54) is 17.0 Å². The maximum atomic E-state index is 6.17. The zero-order chi connectivity index (χ0) is 14.6. The molecular formula is C16H25ClN2S. The van der Waals surface area contributed by atoms with Crippen molar-refractivity contribution >= 4 is 29.1 Å². The van der Waals surface area contributed by atoms with E-state index in [1.807, 2.05) is 6.07 Å². The molecule has 2 nitrogen and oxygen atoms in total. The first-order chi connectivity index (χ1) is 9.52. The van der Waals surface area contributed by atoms with Crippen LogP contribution < -0.4 is 10.2 Å². The standard InChI is InChI=1S/C16H25ClN2S/c1-4-7-18-11-13-10-14(17)5-6-15(13)19-8-9-20-16(2,3)12-19/h5-6,10,18H,4,7-9,11-12H2,1-3H3. The summed E-state index contributed by atoms with van der Waals surface area (Å²) in [4.78, 5) is 2.51. The van der Waals surface area contributed by atoms with Gasteiger partial charge in [-0.1, -0.05) is 18.5 Å². The Morgan fingerprint density at radius 3 is 2.90 bits per heavy atom. The van der Waals surface area contributed by atoms with E-state index in [1.54, 1.807) is 0 Å². The molecule has 0 atom stereocenters. The first-order valence-corrected chi connectivity index (χ1v) is 8.76. The molecule has 1 aromatic rings. The number of halogens is 1. The van der Waals surface area contributed by atoms with Gasteiger partial charge in [0.15, 0.2) is 0 Å². The highest BCUT2D eigenvalue weighted by Crippen LogP contribution is 2.34. The lowest BCUT2D eigenvalue weighted by atomic mass is 10.1. The van der Waals surface area contributed by atoms with Gasteiger partial charge in [-0.2, -0.15) is 11.8 Å². The third kappa shape index (κ3) is 4.31. The number of hydrogen-bond acceptors (Lipinski definition) is 3. The molecule has 0 saturated carbocycles. The van der Waals surface area contributed by atoms with Crippen molar-refractivity contribution in [2.24, 2.45) is 0 Å². The molecule has 0 spiro atoms. The lowest BCUT2D eigenvalue weighted by Crippen LogP contribution is -2.43. The summed E-state index contributed by atoms with van der Waals surface area (Å²) in [5, 5.41) is 4.31. The Hall–Kier alpha value is -0.380. The molecule has 0 unspecified atom stereocenters. The summed E-state index contributed by atoms with van der Waals surface area (Å²) in [6.45, 7) is 11.0. The van der Waals surface area contributed by atoms with Gasteiger partial charge in [-0.3, -0.25) is 0 Å². The Labute approximate surface area is 132 Å². The Bertz CT molecular complexity index is 448. The van der Waals surface area contributed by atoms with Crippen LogP contribution in [-0.2, 0) is 6.54 Å². The number of rotatable bonds is 5. The average molecular weight is 313 g/mol. The van der Waals surface area contributed by atoms with Crippen LogP contribution in [-0.4, -0.2) is 30.1 Å². The van der Waals surface area contributed by atoms with Gasteiger partial charge in [0.25, 0.3) is 0 Å². The van der Waals surface area contributed by atoms with Crippen LogP contribution in [0.3, 0.4) is 0 Å². The van der Waals surface area contributed by atoms with E-state index in [0.29, 0.717) is 4.75 Å². The zero-order valence-electron chi connectivity index (χ0n) is 12.7. The Morgan fingerprint density at radius 1 is 1.40 bits per heavy atom. The second-order valence-corrected chi connectivity index (χ2v) is 8.22. The summed E-state index contributed by atoms with van der Waals surface area (Å²) in [7, 11) is 0. The fourth-order valence-electron chi connectivity index (χ4n) is 2.63. The van der Waals surface area contributed by atoms with E-state index < -0.39 is 0 Å². The second kappa shape index (κ2) is 7.06. The highest BCUT2D eigenvalue weighted by Gasteiger charge is 2.28. The molecule has 0 radical (unpaired) electrons. The molecule has 1 aliphatic heterocycles. The molecule has 20 heavy (non-hydrogen) atoms. The molecule has 1 aromatic carbocycles. The van der Waals surface area contributed by atoms with Crippen molar-refractivity contribution in [3.63, 3.8) is 0 Å². The Balaban J connectivity index is 2.17. The maximum absolute atomic E-state index is 6.17. The van der Waals surface area contributed by atoms with Crippen LogP contribution >= 0.6 is 23.4 Å². The fourth-order valence-corrected chi connectivity index (χ4v) is 3.93. The monoisotopic (exact) mass is 312 g/mol. The van der Waals surface area contributed by atoms with Gasteiger partial charge in [0.05, 0.1) is 0 Å². The summed E-state index contributed by atoms with van der Waals surface area (Å²) in [6.07, 6.45) is 1.16. The number of thioether (sulfide) groups is 1. The first kappa shape index (κ1) is 16.0. The first-order valence-electron chi connectivity index (χ1n) is 7.40. The fraction of sp³-hybridized carbons (Fsp3) is 0.625. The lowest BCUT2D eigenvalue weighted by molar-refractivity contribution is 0.637. The molecule has 1 N–H and O–H groups in total. The van der Waals surface area contributed by atoms with Crippen LogP contribution in [0.5, 0.6) is 0 Å². The number of nitrogens with one attached hydrogen (secondary N) is 1. The minimum Gasteiger partial charge on any atom is -0.369 e. The van der Waals surface area contributed by atoms with Crippen LogP contribution in [0.15, 0.2) is 18.2 Å². The number of nitrogens with zero attached hydrogens (tertiary/aromatic N) is 1. The molecule has 0 bridgehead atoms. The van der Waals surface area contributed by atoms with E-state index in [2.05, 4.69) is 54.9 Å². The van der Waals surface area contributed by atoms with Crippen molar-refractivity contribution in [2.75, 3.05) is 30.3 Å². The minimum atomic E-state index is 0.325. The molecular weight excluding hydrogens is 288 g/mol. The minimum absolute atomic E-state index is 0.325. The molecule has 112 valence electrons. The van der Waals surface area contributed by atoms with Gasteiger partial charge in [0.2, 0.25) is 0 Å². The summed E-state index contributed by atoms with van der Waals surface area (Å²) >= 11 is 8.24. The Kier molecular flexibility index (Phi) is 5.65. The number of benzene rings is 1. The normalized spacial score (nSPS) is 18.3. The highest BCUT2D eigenvalue weighted by atomic mass is 35.5. The predicted octanol–water partition coefficient (Wildman–Crippen LogP) is 4.17. The van der Waals surface area contributed by atoms with Crippen molar-refractivity contribution in [1.29, 1.82) is 0 Å². The summed E-state index contributed by atoms with van der Waals surface area (Å²) in [5.41, 5.74) is 2.65. The van der Waals surface area contributed by atoms with Crippen molar-refractivity contribution < 1.29 is 0 Å². The summed E-state index contributed by atoms with van der Waals surface area (Å²) in [6, 6.07) is 6.29. The quantitative estimate of drug-likeness (QED) is 0.821. The number of anilines is 1. The molecule has 4 heteroatoms. The number of hydrogen-bond donors (Lipinski definition) is 1. The van der Waals surface area contributed by atoms with Gasteiger partial charge in [-0.25, -0.2) is 0 Å². The van der Waals surface area contributed by atoms with Gasteiger partial charge < -0.3 is 10.2 Å². The molecule has 1 aliphatic rings. The maximum Gasteiger partial charge on any atom is 0.0413 e. The van der Waals surface area contributed by atoms with Crippen LogP contribution in [0.4, 0.5) is 5.69 Å². The van der Waals surface area contributed by atoms with Gasteiger partial charge in [-0.05, 0) is 50.6 Å². The van der Waals surface area contributed by atoms with E-state index >= 15 is 0 Å². The van der Waals surface area contributed by atoms with Gasteiger partial charge in [0.1, 0.15) is 0 Å². The topological polar surface area (TPSA) is 15.3 Å². The largest absolute Gasteiger partial charge is 0.369 e. The molecule has 0 aromatic heterocycles. The predicted molar refractivity (Wildman–Crippen MR) is 92.2 cm³/mol. The average Bonchev–Trinajstić information content (AvgIpc) is 2.38. The van der Waals surface area contributed by atoms with Crippen LogP contribution in [0.1, 0.15) is 32.8 Å². The molecule has 2 rings (SSSR count). The van der Waals surface area contributed by atoms with E-state index in [9.17, 15) is 0 Å². The van der Waals surface area contributed by atoms with Crippen LogP contribution in [0, 0.1) is 0 Å². The van der Waals surface area contributed by atoms with E-state index in [4.69, 9.17) is 11.6 Å². The lowest BCUT2D eigenvalue weighted by Gasteiger charge is -2.39. The summed E-state index contributed by atoms with van der Waals surface area (Å²) in [5.74, 6) is 1.19. The van der Waals surface area contributed by atoms with Gasteiger partial charge >= 0.3 is 0 Å². The van der Waals surface area contributed by atoms with E-state index in [-0.39, 0.29) is 0 Å². The Morgan fingerprint density at radius 2 is 2.20 bits per heavy atom. The third-order valence-electron chi connectivity index (χ3n) is 3.55. The molecule has 1 saturated heterocycles. The smallest absolute Gasteiger partial charge is 0.0413 e. The van der Waals surface area contributed by atoms with E-state index in [0.717, 1.165) is 37.6 Å². The third-order valence-corrected chi connectivity index (χ3v) is 5.08. The van der Waals surface area contributed by atoms with Crippen molar-refractivity contribution in [1.82, 2.24) is 5.32 Å². The van der Waals surface area contributed by atoms with Crippen molar-refractivity contribution in [3.8, 4) is 0 Å². The molecule has 0 aliphatic carbocycles. The van der Waals surface area contributed by atoms with Crippen LogP contribution in [0.2, 0.25) is 5.02 Å². The van der Waals surface area contributed by atoms with Gasteiger partial charge in [0, 0.05) is 40.8 Å². The van der Waals surface area contributed by atoms with Crippen molar-refractivity contribution in [3.05, 3.63) is 28.8 Å². The summed E-state index contributed by atoms with van der Waals surface area (Å²) < 4.78 is 0.325. The van der Waals surface area contributed by atoms with Gasteiger partial charge in [-0.15, -0.1) is 0 Å². The molecule has 0 amide bonds. The second-order valence-electron chi connectivity index (χ2n) is 5.98. The molecule has 1 heterocycles. The van der Waals surface area contributed by atoms with Crippen molar-refractivity contribution in [2.45, 2.75) is 38.5 Å². The zero-order valence-corrected chi connectivity index (χ0v) is 14.3. The molecule has 1 fully saturated rings. The van der Waals surface area contributed by atoms with Crippen LogP contribution in [0.25, 0.3) is 0 Å². The SMILES string of the molecule is CCCNCc1cc(Cl)ccc1N1CCSC(C)(C)C1.